The fraction of sp³-hybridized carbons (Fsp3) is 0.500. The van der Waals surface area contributed by atoms with Crippen LogP contribution in [0.25, 0.3) is 6.08 Å². The van der Waals surface area contributed by atoms with Gasteiger partial charge in [0.2, 0.25) is 6.10 Å². The van der Waals surface area contributed by atoms with Crippen LogP contribution in [0.3, 0.4) is 0 Å². The van der Waals surface area contributed by atoms with Gasteiger partial charge in [0.1, 0.15) is 5.75 Å². The molecule has 0 aliphatic carbocycles. The lowest BCUT2D eigenvalue weighted by Gasteiger charge is -2.28. The molecule has 0 spiro atoms. The lowest BCUT2D eigenvalue weighted by molar-refractivity contribution is -0.187. The lowest BCUT2D eigenvalue weighted by Crippen LogP contribution is -2.40. The number of carbonyl (C=O) groups excluding carboxylic acids is 1. The highest BCUT2D eigenvalue weighted by atomic mass is 35.5. The van der Waals surface area contributed by atoms with E-state index in [4.69, 9.17) is 21.1 Å². The van der Waals surface area contributed by atoms with Gasteiger partial charge in [-0.3, -0.25) is 0 Å². The second-order valence-corrected chi connectivity index (χ2v) is 7.55. The van der Waals surface area contributed by atoms with Crippen molar-refractivity contribution in [2.45, 2.75) is 40.0 Å². The maximum Gasteiger partial charge on any atom is 0.430 e. The van der Waals surface area contributed by atoms with Gasteiger partial charge in [-0.05, 0) is 24.5 Å². The van der Waals surface area contributed by atoms with Gasteiger partial charge in [0, 0.05) is 18.2 Å². The molecular weight excluding hydrogens is 371 g/mol. The number of rotatable bonds is 4. The van der Waals surface area contributed by atoms with Gasteiger partial charge in [0.25, 0.3) is 0 Å². The van der Waals surface area contributed by atoms with Gasteiger partial charge in [-0.1, -0.05) is 32.4 Å². The van der Waals surface area contributed by atoms with E-state index >= 15 is 0 Å². The molecule has 0 radical (unpaired) electrons. The van der Waals surface area contributed by atoms with E-state index < -0.39 is 23.8 Å². The molecule has 1 aliphatic rings. The van der Waals surface area contributed by atoms with Crippen molar-refractivity contribution < 1.29 is 27.4 Å². The second kappa shape index (κ2) is 7.39. The van der Waals surface area contributed by atoms with Crippen LogP contribution in [-0.4, -0.2) is 31.4 Å². The van der Waals surface area contributed by atoms with E-state index in [0.717, 1.165) is 6.08 Å². The first kappa shape index (κ1) is 20.4. The zero-order valence-electron chi connectivity index (χ0n) is 15.0. The first-order chi connectivity index (χ1) is 11.9. The summed E-state index contributed by atoms with van der Waals surface area (Å²) in [6, 6.07) is 2.88. The topological polar surface area (TPSA) is 47.6 Å². The average molecular weight is 392 g/mol. The Hall–Kier alpha value is -1.89. The Balaban J connectivity index is 2.42. The highest BCUT2D eigenvalue weighted by molar-refractivity contribution is 6.33. The number of nitrogens with one attached hydrogen (secondary N) is 1. The fourth-order valence-corrected chi connectivity index (χ4v) is 2.58. The minimum Gasteiger partial charge on any atom is -0.475 e. The molecule has 144 valence electrons. The number of halogens is 4. The third-order valence-corrected chi connectivity index (χ3v) is 3.87. The van der Waals surface area contributed by atoms with Crippen LogP contribution in [0.1, 0.15) is 33.3 Å². The SMILES string of the molecule is CCOC(=O)C1=Cc2cc(Cl)c(NCC(C)(C)C)cc2OC1C(F)(F)F. The van der Waals surface area contributed by atoms with E-state index in [0.29, 0.717) is 22.8 Å². The van der Waals surface area contributed by atoms with E-state index in [9.17, 15) is 18.0 Å². The summed E-state index contributed by atoms with van der Waals surface area (Å²) in [4.78, 5) is 11.9. The Morgan fingerprint density at radius 1 is 1.31 bits per heavy atom. The third kappa shape index (κ3) is 4.84. The number of benzene rings is 1. The zero-order valence-corrected chi connectivity index (χ0v) is 15.7. The van der Waals surface area contributed by atoms with Crippen LogP contribution in [0.5, 0.6) is 5.75 Å². The Morgan fingerprint density at radius 2 is 1.96 bits per heavy atom. The monoisotopic (exact) mass is 391 g/mol. The Kier molecular flexibility index (Phi) is 5.80. The number of anilines is 1. The van der Waals surface area contributed by atoms with Crippen molar-refractivity contribution in [3.63, 3.8) is 0 Å². The number of alkyl halides is 3. The number of fused-ring (bicyclic) bond motifs is 1. The summed E-state index contributed by atoms with van der Waals surface area (Å²) in [7, 11) is 0. The van der Waals surface area contributed by atoms with Gasteiger partial charge in [-0.15, -0.1) is 0 Å². The Morgan fingerprint density at radius 3 is 2.50 bits per heavy atom. The molecule has 0 bridgehead atoms. The predicted molar refractivity (Wildman–Crippen MR) is 94.5 cm³/mol. The molecule has 1 aliphatic heterocycles. The summed E-state index contributed by atoms with van der Waals surface area (Å²) in [5, 5.41) is 3.43. The van der Waals surface area contributed by atoms with Crippen molar-refractivity contribution in [1.29, 1.82) is 0 Å². The Labute approximate surface area is 155 Å². The smallest absolute Gasteiger partial charge is 0.430 e. The summed E-state index contributed by atoms with van der Waals surface area (Å²) < 4.78 is 49.9. The van der Waals surface area contributed by atoms with Crippen LogP contribution in [0, 0.1) is 5.41 Å². The normalized spacial score (nSPS) is 17.1. The standard InChI is InChI=1S/C18H21ClF3NO3/c1-5-25-16(24)11-6-10-7-12(19)13(23-9-17(2,3)4)8-14(10)26-15(11)18(20,21)22/h6-8,15,23H,5,9H2,1-4H3. The number of carbonyl (C=O) groups is 1. The molecule has 0 amide bonds. The molecule has 0 saturated heterocycles. The van der Waals surface area contributed by atoms with Crippen molar-refractivity contribution in [1.82, 2.24) is 0 Å². The summed E-state index contributed by atoms with van der Waals surface area (Å²) in [5.41, 5.74) is 0.110. The lowest BCUT2D eigenvalue weighted by atomic mass is 9.96. The third-order valence-electron chi connectivity index (χ3n) is 3.56. The molecule has 4 nitrogen and oxygen atoms in total. The quantitative estimate of drug-likeness (QED) is 0.728. The maximum atomic E-state index is 13.4. The number of hydrogen-bond donors (Lipinski definition) is 1. The summed E-state index contributed by atoms with van der Waals surface area (Å²) in [5.74, 6) is -1.06. The van der Waals surface area contributed by atoms with Crippen LogP contribution in [0.15, 0.2) is 17.7 Å². The molecule has 1 N–H and O–H groups in total. The second-order valence-electron chi connectivity index (χ2n) is 7.14. The van der Waals surface area contributed by atoms with Crippen LogP contribution in [0.2, 0.25) is 5.02 Å². The van der Waals surface area contributed by atoms with Gasteiger partial charge in [0.05, 0.1) is 22.9 Å². The number of esters is 1. The van der Waals surface area contributed by atoms with Crippen molar-refractivity contribution in [3.8, 4) is 5.75 Å². The summed E-state index contributed by atoms with van der Waals surface area (Å²) in [6.07, 6.45) is -6.02. The van der Waals surface area contributed by atoms with Gasteiger partial charge >= 0.3 is 12.1 Å². The zero-order chi connectivity index (χ0) is 19.7. The van der Waals surface area contributed by atoms with Crippen molar-refractivity contribution >= 4 is 29.3 Å². The van der Waals surface area contributed by atoms with E-state index in [1.165, 1.54) is 19.1 Å². The predicted octanol–water partition coefficient (Wildman–Crippen LogP) is 5.07. The average Bonchev–Trinajstić information content (AvgIpc) is 2.50. The molecule has 0 fully saturated rings. The van der Waals surface area contributed by atoms with E-state index in [2.05, 4.69) is 5.32 Å². The van der Waals surface area contributed by atoms with E-state index in [1.54, 1.807) is 0 Å². The fourth-order valence-electron chi connectivity index (χ4n) is 2.34. The molecule has 1 heterocycles. The van der Waals surface area contributed by atoms with Crippen molar-refractivity contribution in [3.05, 3.63) is 28.3 Å². The van der Waals surface area contributed by atoms with Crippen LogP contribution < -0.4 is 10.1 Å². The molecular formula is C18H21ClF3NO3. The van der Waals surface area contributed by atoms with Gasteiger partial charge in [-0.2, -0.15) is 13.2 Å². The molecule has 1 atom stereocenters. The molecule has 1 unspecified atom stereocenters. The first-order valence-electron chi connectivity index (χ1n) is 8.12. The Bertz CT molecular complexity index is 724. The van der Waals surface area contributed by atoms with E-state index in [-0.39, 0.29) is 17.8 Å². The molecule has 1 aromatic carbocycles. The maximum absolute atomic E-state index is 13.4. The molecule has 0 aromatic heterocycles. The minimum absolute atomic E-state index is 0.00110. The molecule has 1 aromatic rings. The molecule has 8 heteroatoms. The van der Waals surface area contributed by atoms with Crippen molar-refractivity contribution in [2.24, 2.45) is 5.41 Å². The highest BCUT2D eigenvalue weighted by Crippen LogP contribution is 2.41. The van der Waals surface area contributed by atoms with Crippen LogP contribution in [-0.2, 0) is 9.53 Å². The van der Waals surface area contributed by atoms with Gasteiger partial charge in [0.15, 0.2) is 0 Å². The van der Waals surface area contributed by atoms with Gasteiger partial charge in [-0.25, -0.2) is 4.79 Å². The molecule has 26 heavy (non-hydrogen) atoms. The number of hydrogen-bond acceptors (Lipinski definition) is 4. The summed E-state index contributed by atoms with van der Waals surface area (Å²) >= 11 is 6.22. The molecule has 2 rings (SSSR count). The largest absolute Gasteiger partial charge is 0.475 e. The van der Waals surface area contributed by atoms with E-state index in [1.807, 2.05) is 20.8 Å². The van der Waals surface area contributed by atoms with Crippen LogP contribution in [0.4, 0.5) is 18.9 Å². The van der Waals surface area contributed by atoms with Crippen molar-refractivity contribution in [2.75, 3.05) is 18.5 Å². The summed E-state index contributed by atoms with van der Waals surface area (Å²) in [6.45, 7) is 8.08. The first-order valence-corrected chi connectivity index (χ1v) is 8.49. The minimum atomic E-state index is -4.76. The van der Waals surface area contributed by atoms with Crippen LogP contribution >= 0.6 is 11.6 Å². The highest BCUT2D eigenvalue weighted by Gasteiger charge is 2.48. The molecule has 0 saturated carbocycles. The van der Waals surface area contributed by atoms with Gasteiger partial charge < -0.3 is 14.8 Å². The number of ether oxygens (including phenoxy) is 2.